The summed E-state index contributed by atoms with van der Waals surface area (Å²) in [6.45, 7) is 3.11. The maximum absolute atomic E-state index is 12.9. The van der Waals surface area contributed by atoms with E-state index in [1.165, 1.54) is 6.20 Å². The van der Waals surface area contributed by atoms with Crippen molar-refractivity contribution < 1.29 is 9.53 Å². The number of ether oxygens (including phenoxy) is 1. The minimum Gasteiger partial charge on any atom is -0.484 e. The minimum absolute atomic E-state index is 0.0833. The number of carbonyl (C=O) groups is 1. The van der Waals surface area contributed by atoms with Gasteiger partial charge in [-0.2, -0.15) is 5.10 Å². The van der Waals surface area contributed by atoms with Crippen molar-refractivity contribution in [2.45, 2.75) is 20.0 Å². The zero-order valence-electron chi connectivity index (χ0n) is 19.3. The van der Waals surface area contributed by atoms with Crippen LogP contribution in [0.3, 0.4) is 0 Å². The summed E-state index contributed by atoms with van der Waals surface area (Å²) in [4.78, 5) is 29.6. The topological polar surface area (TPSA) is 91.0 Å². The molecule has 0 bridgehead atoms. The number of nitrogens with one attached hydrogen (secondary N) is 1. The second-order valence-electron chi connectivity index (χ2n) is 8.36. The average Bonchev–Trinajstić information content (AvgIpc) is 3.29. The second-order valence-corrected chi connectivity index (χ2v) is 8.36. The fourth-order valence-corrected chi connectivity index (χ4v) is 4.00. The molecule has 0 aliphatic rings. The van der Waals surface area contributed by atoms with E-state index in [1.807, 2.05) is 73.7 Å². The minimum atomic E-state index is -0.233. The molecule has 0 fully saturated rings. The maximum atomic E-state index is 12.9. The van der Waals surface area contributed by atoms with Crippen molar-refractivity contribution in [3.8, 4) is 5.75 Å². The molecule has 8 heteroatoms. The van der Waals surface area contributed by atoms with Crippen LogP contribution in [0, 0.1) is 6.92 Å². The Kier molecular flexibility index (Phi) is 6.26. The highest BCUT2D eigenvalue weighted by molar-refractivity contribution is 5.84. The number of nitrogens with zero attached hydrogens (tertiary/aromatic N) is 4. The van der Waals surface area contributed by atoms with Crippen molar-refractivity contribution in [2.24, 2.45) is 0 Å². The summed E-state index contributed by atoms with van der Waals surface area (Å²) in [6.07, 6.45) is 3.08. The lowest BCUT2D eigenvalue weighted by Crippen LogP contribution is -2.31. The van der Waals surface area contributed by atoms with Gasteiger partial charge in [0.15, 0.2) is 12.3 Å². The van der Waals surface area contributed by atoms with E-state index in [-0.39, 0.29) is 18.1 Å². The van der Waals surface area contributed by atoms with E-state index in [9.17, 15) is 9.59 Å². The molecule has 0 spiro atoms. The summed E-state index contributed by atoms with van der Waals surface area (Å²) in [5, 5.41) is 9.75. The molecule has 0 radical (unpaired) electrons. The zero-order valence-corrected chi connectivity index (χ0v) is 19.3. The molecule has 2 aromatic heterocycles. The second kappa shape index (κ2) is 9.80. The van der Waals surface area contributed by atoms with Gasteiger partial charge in [0.25, 0.3) is 11.5 Å². The Morgan fingerprint density at radius 2 is 1.83 bits per heavy atom. The van der Waals surface area contributed by atoms with Gasteiger partial charge in [-0.3, -0.25) is 14.2 Å². The normalized spacial score (nSPS) is 11.1. The van der Waals surface area contributed by atoms with Crippen LogP contribution in [0.4, 0.5) is 0 Å². The largest absolute Gasteiger partial charge is 0.484 e. The van der Waals surface area contributed by atoms with Gasteiger partial charge >= 0.3 is 0 Å². The lowest BCUT2D eigenvalue weighted by atomic mass is 10.1. The first-order chi connectivity index (χ1) is 17.1. The van der Waals surface area contributed by atoms with E-state index in [1.54, 1.807) is 15.6 Å². The predicted octanol–water partition coefficient (Wildman–Crippen LogP) is 3.30. The number of hydrogen-bond donors (Lipinski definition) is 1. The Hall–Kier alpha value is -4.46. The number of benzene rings is 3. The lowest BCUT2D eigenvalue weighted by Gasteiger charge is -2.10. The molecule has 176 valence electrons. The van der Waals surface area contributed by atoms with Gasteiger partial charge in [-0.1, -0.05) is 54.6 Å². The summed E-state index contributed by atoms with van der Waals surface area (Å²) in [6, 6.07) is 21.7. The third-order valence-corrected chi connectivity index (χ3v) is 5.96. The number of hydrogen-bond acceptors (Lipinski definition) is 5. The Balaban J connectivity index is 1.17. The van der Waals surface area contributed by atoms with Crippen LogP contribution in [0.15, 0.2) is 84.0 Å². The number of amides is 1. The van der Waals surface area contributed by atoms with Gasteiger partial charge in [0, 0.05) is 6.54 Å². The number of fused-ring (bicyclic) bond motifs is 2. The first kappa shape index (κ1) is 22.3. The van der Waals surface area contributed by atoms with Gasteiger partial charge in [0.05, 0.1) is 19.3 Å². The van der Waals surface area contributed by atoms with Crippen LogP contribution < -0.4 is 15.6 Å². The number of rotatable bonds is 8. The van der Waals surface area contributed by atoms with E-state index in [0.29, 0.717) is 36.4 Å². The standard InChI is InChI=1S/C27H25N5O3/c1-19-6-2-3-9-22(19)16-31-18-29-26-24(27(31)34)15-30-32(26)13-12-28-25(33)17-35-23-11-10-20-7-4-5-8-21(20)14-23/h2-11,14-15,18H,12-13,16-17H2,1H3,(H,28,33). The summed E-state index contributed by atoms with van der Waals surface area (Å²) in [5.74, 6) is 0.409. The summed E-state index contributed by atoms with van der Waals surface area (Å²) in [5.41, 5.74) is 2.54. The molecule has 3 aromatic carbocycles. The Bertz CT molecular complexity index is 1570. The molecule has 0 aliphatic heterocycles. The quantitative estimate of drug-likeness (QED) is 0.378. The third kappa shape index (κ3) is 4.91. The molecule has 2 heterocycles. The van der Waals surface area contributed by atoms with Crippen molar-refractivity contribution >= 4 is 27.7 Å². The molecule has 1 amide bonds. The Morgan fingerprint density at radius 3 is 2.69 bits per heavy atom. The van der Waals surface area contributed by atoms with Crippen molar-refractivity contribution in [3.63, 3.8) is 0 Å². The van der Waals surface area contributed by atoms with Crippen LogP contribution in [0.5, 0.6) is 5.75 Å². The molecule has 8 nitrogen and oxygen atoms in total. The van der Waals surface area contributed by atoms with Gasteiger partial charge in [-0.05, 0) is 41.0 Å². The number of carbonyl (C=O) groups excluding carboxylic acids is 1. The highest BCUT2D eigenvalue weighted by atomic mass is 16.5. The smallest absolute Gasteiger partial charge is 0.264 e. The van der Waals surface area contributed by atoms with Crippen molar-refractivity contribution in [1.29, 1.82) is 0 Å². The summed E-state index contributed by atoms with van der Waals surface area (Å²) >= 11 is 0. The van der Waals surface area contributed by atoms with E-state index in [2.05, 4.69) is 15.4 Å². The van der Waals surface area contributed by atoms with Crippen molar-refractivity contribution in [3.05, 3.63) is 101 Å². The van der Waals surface area contributed by atoms with Gasteiger partial charge in [0.2, 0.25) is 0 Å². The van der Waals surface area contributed by atoms with Crippen LogP contribution in [-0.4, -0.2) is 38.4 Å². The van der Waals surface area contributed by atoms with E-state index in [4.69, 9.17) is 4.74 Å². The fourth-order valence-electron chi connectivity index (χ4n) is 4.00. The van der Waals surface area contributed by atoms with Gasteiger partial charge in [0.1, 0.15) is 17.5 Å². The fraction of sp³-hybridized carbons (Fsp3) is 0.185. The molecule has 0 saturated carbocycles. The van der Waals surface area contributed by atoms with Crippen LogP contribution in [0.2, 0.25) is 0 Å². The highest BCUT2D eigenvalue weighted by Gasteiger charge is 2.11. The molecular weight excluding hydrogens is 442 g/mol. The Labute approximate surface area is 201 Å². The van der Waals surface area contributed by atoms with Gasteiger partial charge < -0.3 is 10.1 Å². The first-order valence-electron chi connectivity index (χ1n) is 11.4. The molecule has 1 N–H and O–H groups in total. The molecular formula is C27H25N5O3. The van der Waals surface area contributed by atoms with Crippen LogP contribution in [0.1, 0.15) is 11.1 Å². The van der Waals surface area contributed by atoms with E-state index < -0.39 is 0 Å². The van der Waals surface area contributed by atoms with E-state index >= 15 is 0 Å². The van der Waals surface area contributed by atoms with Crippen molar-refractivity contribution in [2.75, 3.05) is 13.2 Å². The molecule has 5 rings (SSSR count). The molecule has 0 aliphatic carbocycles. The SMILES string of the molecule is Cc1ccccc1Cn1cnc2c(cnn2CCNC(=O)COc2ccc3ccccc3c2)c1=O. The average molecular weight is 468 g/mol. The van der Waals surface area contributed by atoms with Gasteiger partial charge in [-0.15, -0.1) is 0 Å². The number of aryl methyl sites for hydroxylation is 1. The maximum Gasteiger partial charge on any atom is 0.264 e. The summed E-state index contributed by atoms with van der Waals surface area (Å²) < 4.78 is 8.84. The molecule has 35 heavy (non-hydrogen) atoms. The van der Waals surface area contributed by atoms with Gasteiger partial charge in [-0.25, -0.2) is 9.67 Å². The first-order valence-corrected chi connectivity index (χ1v) is 11.4. The number of aromatic nitrogens is 4. The molecule has 0 unspecified atom stereocenters. The summed E-state index contributed by atoms with van der Waals surface area (Å²) in [7, 11) is 0. The van der Waals surface area contributed by atoms with Crippen LogP contribution >= 0.6 is 0 Å². The lowest BCUT2D eigenvalue weighted by molar-refractivity contribution is -0.123. The van der Waals surface area contributed by atoms with E-state index in [0.717, 1.165) is 21.9 Å². The monoisotopic (exact) mass is 467 g/mol. The van der Waals surface area contributed by atoms with Crippen molar-refractivity contribution in [1.82, 2.24) is 24.6 Å². The molecule has 0 saturated heterocycles. The highest BCUT2D eigenvalue weighted by Crippen LogP contribution is 2.20. The third-order valence-electron chi connectivity index (χ3n) is 5.96. The molecule has 5 aromatic rings. The van der Waals surface area contributed by atoms with Crippen LogP contribution in [-0.2, 0) is 17.9 Å². The van der Waals surface area contributed by atoms with Crippen LogP contribution in [0.25, 0.3) is 21.8 Å². The zero-order chi connectivity index (χ0) is 24.2. The predicted molar refractivity (Wildman–Crippen MR) is 135 cm³/mol. The molecule has 0 atom stereocenters. The Morgan fingerprint density at radius 1 is 1.03 bits per heavy atom.